The molecular weight excluding hydrogens is 312 g/mol. The highest BCUT2D eigenvalue weighted by atomic mass is 127. The number of benzene rings is 1. The molecular formula is C10H7FINO2. The van der Waals surface area contributed by atoms with Crippen molar-refractivity contribution >= 4 is 39.5 Å². The Bertz CT molecular complexity index is 535. The van der Waals surface area contributed by atoms with E-state index in [2.05, 4.69) is 9.72 Å². The number of hydrogen-bond acceptors (Lipinski definition) is 2. The largest absolute Gasteiger partial charge is 0.464 e. The smallest absolute Gasteiger partial charge is 0.355 e. The monoisotopic (exact) mass is 319 g/mol. The number of aromatic nitrogens is 1. The number of aromatic amines is 1. The molecule has 0 radical (unpaired) electrons. The van der Waals surface area contributed by atoms with Gasteiger partial charge < -0.3 is 9.72 Å². The fraction of sp³-hybridized carbons (Fsp3) is 0.100. The number of ether oxygens (including phenoxy) is 1. The van der Waals surface area contributed by atoms with E-state index in [1.54, 1.807) is 6.07 Å². The zero-order chi connectivity index (χ0) is 11.0. The standard InChI is InChI=1S/C10H7FINO2/c1-15-10(14)9-8(12)6-4-5(11)2-3-7(6)13-9/h2-4,13H,1H3. The summed E-state index contributed by atoms with van der Waals surface area (Å²) in [5, 5.41) is 0.691. The van der Waals surface area contributed by atoms with E-state index in [0.717, 1.165) is 5.52 Å². The maximum Gasteiger partial charge on any atom is 0.355 e. The molecule has 15 heavy (non-hydrogen) atoms. The van der Waals surface area contributed by atoms with Crippen LogP contribution in [0.4, 0.5) is 4.39 Å². The maximum atomic E-state index is 13.0. The van der Waals surface area contributed by atoms with Gasteiger partial charge in [0, 0.05) is 10.9 Å². The van der Waals surface area contributed by atoms with Gasteiger partial charge in [-0.3, -0.25) is 0 Å². The van der Waals surface area contributed by atoms with Crippen LogP contribution < -0.4 is 0 Å². The lowest BCUT2D eigenvalue weighted by molar-refractivity contribution is 0.0594. The molecule has 0 amide bonds. The van der Waals surface area contributed by atoms with Crippen molar-refractivity contribution in [2.75, 3.05) is 7.11 Å². The third kappa shape index (κ3) is 1.71. The molecule has 2 rings (SSSR count). The molecule has 3 nitrogen and oxygen atoms in total. The zero-order valence-electron chi connectivity index (χ0n) is 7.80. The van der Waals surface area contributed by atoms with Crippen molar-refractivity contribution in [2.45, 2.75) is 0 Å². The lowest BCUT2D eigenvalue weighted by atomic mass is 10.2. The van der Waals surface area contributed by atoms with E-state index in [1.807, 2.05) is 22.6 Å². The van der Waals surface area contributed by atoms with E-state index < -0.39 is 5.97 Å². The van der Waals surface area contributed by atoms with Crippen LogP contribution in [0, 0.1) is 9.39 Å². The number of nitrogens with one attached hydrogen (secondary N) is 1. The van der Waals surface area contributed by atoms with Crippen molar-refractivity contribution < 1.29 is 13.9 Å². The Morgan fingerprint density at radius 3 is 2.93 bits per heavy atom. The highest BCUT2D eigenvalue weighted by Gasteiger charge is 2.16. The van der Waals surface area contributed by atoms with Crippen LogP contribution in [0.1, 0.15) is 10.5 Å². The Kier molecular flexibility index (Phi) is 2.64. The van der Waals surface area contributed by atoms with Gasteiger partial charge in [0.2, 0.25) is 0 Å². The average molecular weight is 319 g/mol. The van der Waals surface area contributed by atoms with Crippen molar-refractivity contribution in [3.8, 4) is 0 Å². The second-order valence-electron chi connectivity index (χ2n) is 3.00. The molecule has 0 fully saturated rings. The molecule has 1 heterocycles. The van der Waals surface area contributed by atoms with Gasteiger partial charge in [0.1, 0.15) is 11.5 Å². The fourth-order valence-electron chi connectivity index (χ4n) is 1.37. The Morgan fingerprint density at radius 1 is 1.53 bits per heavy atom. The van der Waals surface area contributed by atoms with Crippen molar-refractivity contribution in [1.29, 1.82) is 0 Å². The second kappa shape index (κ2) is 3.80. The first kappa shape index (κ1) is 10.4. The number of H-pyrrole nitrogens is 1. The van der Waals surface area contributed by atoms with Crippen LogP contribution in [-0.4, -0.2) is 18.1 Å². The molecule has 1 aromatic carbocycles. The van der Waals surface area contributed by atoms with E-state index in [9.17, 15) is 9.18 Å². The number of fused-ring (bicyclic) bond motifs is 1. The minimum Gasteiger partial charge on any atom is -0.464 e. The highest BCUT2D eigenvalue weighted by Crippen LogP contribution is 2.25. The summed E-state index contributed by atoms with van der Waals surface area (Å²) in [4.78, 5) is 14.2. The highest BCUT2D eigenvalue weighted by molar-refractivity contribution is 14.1. The molecule has 0 saturated heterocycles. The molecule has 2 aromatic rings. The number of hydrogen-bond donors (Lipinski definition) is 1. The third-order valence-electron chi connectivity index (χ3n) is 2.09. The molecule has 0 aliphatic carbocycles. The van der Waals surface area contributed by atoms with E-state index in [1.165, 1.54) is 19.2 Å². The summed E-state index contributed by atoms with van der Waals surface area (Å²) in [7, 11) is 1.31. The third-order valence-corrected chi connectivity index (χ3v) is 3.21. The van der Waals surface area contributed by atoms with Gasteiger partial charge in [0.05, 0.1) is 10.7 Å². The molecule has 1 aromatic heterocycles. The van der Waals surface area contributed by atoms with Gasteiger partial charge in [-0.1, -0.05) is 0 Å². The van der Waals surface area contributed by atoms with E-state index in [-0.39, 0.29) is 5.82 Å². The predicted molar refractivity (Wildman–Crippen MR) is 62.3 cm³/mol. The molecule has 0 spiro atoms. The topological polar surface area (TPSA) is 42.1 Å². The molecule has 0 atom stereocenters. The summed E-state index contributed by atoms with van der Waals surface area (Å²) in [6.07, 6.45) is 0. The van der Waals surface area contributed by atoms with Crippen molar-refractivity contribution in [2.24, 2.45) is 0 Å². The molecule has 0 aliphatic heterocycles. The summed E-state index contributed by atoms with van der Waals surface area (Å²) >= 11 is 1.99. The van der Waals surface area contributed by atoms with Crippen LogP contribution in [0.3, 0.4) is 0 Å². The summed E-state index contributed by atoms with van der Waals surface area (Å²) in [6, 6.07) is 4.33. The Hall–Kier alpha value is -1.11. The molecule has 5 heteroatoms. The van der Waals surface area contributed by atoms with Crippen LogP contribution in [0.5, 0.6) is 0 Å². The molecule has 1 N–H and O–H groups in total. The number of carbonyl (C=O) groups is 1. The molecule has 0 unspecified atom stereocenters. The minimum absolute atomic E-state index is 0.323. The van der Waals surface area contributed by atoms with Gasteiger partial charge in [0.15, 0.2) is 0 Å². The first-order valence-electron chi connectivity index (χ1n) is 4.18. The van der Waals surface area contributed by atoms with Gasteiger partial charge in [0.25, 0.3) is 0 Å². The van der Waals surface area contributed by atoms with Crippen LogP contribution in [-0.2, 0) is 4.74 Å². The normalized spacial score (nSPS) is 10.6. The van der Waals surface area contributed by atoms with Gasteiger partial charge in [-0.2, -0.15) is 0 Å². The fourth-order valence-corrected chi connectivity index (χ4v) is 2.18. The lowest BCUT2D eigenvalue weighted by Gasteiger charge is -1.94. The van der Waals surface area contributed by atoms with Crippen molar-refractivity contribution in [1.82, 2.24) is 4.98 Å². The molecule has 0 saturated carbocycles. The Morgan fingerprint density at radius 2 is 2.27 bits per heavy atom. The summed E-state index contributed by atoms with van der Waals surface area (Å²) in [5.74, 6) is -0.771. The molecule has 0 bridgehead atoms. The van der Waals surface area contributed by atoms with Crippen LogP contribution in [0.25, 0.3) is 10.9 Å². The minimum atomic E-state index is -0.448. The van der Waals surface area contributed by atoms with E-state index >= 15 is 0 Å². The first-order valence-corrected chi connectivity index (χ1v) is 5.26. The van der Waals surface area contributed by atoms with Gasteiger partial charge >= 0.3 is 5.97 Å². The molecule has 78 valence electrons. The van der Waals surface area contributed by atoms with Gasteiger partial charge in [-0.25, -0.2) is 9.18 Å². The second-order valence-corrected chi connectivity index (χ2v) is 4.07. The SMILES string of the molecule is COC(=O)c1[nH]c2ccc(F)cc2c1I. The number of halogens is 2. The maximum absolute atomic E-state index is 13.0. The van der Waals surface area contributed by atoms with Gasteiger partial charge in [-0.05, 0) is 40.8 Å². The molecule has 0 aliphatic rings. The Balaban J connectivity index is 2.69. The zero-order valence-corrected chi connectivity index (χ0v) is 9.96. The number of methoxy groups -OCH3 is 1. The average Bonchev–Trinajstić information content (AvgIpc) is 2.55. The van der Waals surface area contributed by atoms with Crippen LogP contribution in [0.15, 0.2) is 18.2 Å². The van der Waals surface area contributed by atoms with E-state index in [4.69, 9.17) is 0 Å². The van der Waals surface area contributed by atoms with Crippen molar-refractivity contribution in [3.63, 3.8) is 0 Å². The van der Waals surface area contributed by atoms with Gasteiger partial charge in [-0.15, -0.1) is 0 Å². The first-order chi connectivity index (χ1) is 7.13. The van der Waals surface area contributed by atoms with Crippen LogP contribution >= 0.6 is 22.6 Å². The number of rotatable bonds is 1. The summed E-state index contributed by atoms with van der Waals surface area (Å²) in [5.41, 5.74) is 1.08. The predicted octanol–water partition coefficient (Wildman–Crippen LogP) is 2.70. The Labute approximate surface area is 98.8 Å². The van der Waals surface area contributed by atoms with Crippen LogP contribution in [0.2, 0.25) is 0 Å². The quantitative estimate of drug-likeness (QED) is 0.649. The number of esters is 1. The van der Waals surface area contributed by atoms with Crippen molar-refractivity contribution in [3.05, 3.63) is 33.3 Å². The lowest BCUT2D eigenvalue weighted by Crippen LogP contribution is -2.02. The summed E-state index contributed by atoms with van der Waals surface area (Å²) < 4.78 is 18.3. The summed E-state index contributed by atoms with van der Waals surface area (Å²) in [6.45, 7) is 0. The number of carbonyl (C=O) groups excluding carboxylic acids is 1. The van der Waals surface area contributed by atoms with E-state index in [0.29, 0.717) is 14.7 Å².